The highest BCUT2D eigenvalue weighted by Crippen LogP contribution is 2.33. The summed E-state index contributed by atoms with van der Waals surface area (Å²) in [6.45, 7) is 0. The standard InChI is InChI=1S/C11H16N2OS/c14-11-9-6-15-7-10(9)12-13(11)8-4-2-1-3-5-8/h8-9H,1-7H2. The molecular weight excluding hydrogens is 208 g/mol. The Kier molecular flexibility index (Phi) is 2.47. The summed E-state index contributed by atoms with van der Waals surface area (Å²) in [5, 5.41) is 6.35. The van der Waals surface area contributed by atoms with Gasteiger partial charge in [0.2, 0.25) is 0 Å². The Labute approximate surface area is 94.3 Å². The average Bonchev–Trinajstić information content (AvgIpc) is 2.83. The Morgan fingerprint density at radius 1 is 1.27 bits per heavy atom. The lowest BCUT2D eigenvalue weighted by molar-refractivity contribution is -0.134. The van der Waals surface area contributed by atoms with Crippen molar-refractivity contribution in [2.75, 3.05) is 11.5 Å². The van der Waals surface area contributed by atoms with Crippen LogP contribution in [0.1, 0.15) is 32.1 Å². The van der Waals surface area contributed by atoms with Crippen LogP contribution in [0.5, 0.6) is 0 Å². The van der Waals surface area contributed by atoms with Crippen LogP contribution in [0, 0.1) is 5.92 Å². The number of hydrogen-bond donors (Lipinski definition) is 0. The molecule has 2 fully saturated rings. The van der Waals surface area contributed by atoms with Crippen LogP contribution in [0.15, 0.2) is 5.10 Å². The van der Waals surface area contributed by atoms with Gasteiger partial charge in [0.1, 0.15) is 0 Å². The molecule has 1 atom stereocenters. The van der Waals surface area contributed by atoms with Crippen LogP contribution in [-0.2, 0) is 4.79 Å². The first-order chi connectivity index (χ1) is 7.36. The van der Waals surface area contributed by atoms with Gasteiger partial charge in [-0.3, -0.25) is 4.79 Å². The van der Waals surface area contributed by atoms with Gasteiger partial charge in [-0.15, -0.1) is 0 Å². The van der Waals surface area contributed by atoms with E-state index < -0.39 is 0 Å². The Hall–Kier alpha value is -0.510. The number of carbonyl (C=O) groups is 1. The van der Waals surface area contributed by atoms with Gasteiger partial charge in [0.25, 0.3) is 5.91 Å². The minimum absolute atomic E-state index is 0.136. The molecule has 0 N–H and O–H groups in total. The average molecular weight is 224 g/mol. The van der Waals surface area contributed by atoms with Gasteiger partial charge >= 0.3 is 0 Å². The van der Waals surface area contributed by atoms with Gasteiger partial charge in [-0.05, 0) is 12.8 Å². The maximum Gasteiger partial charge on any atom is 0.252 e. The van der Waals surface area contributed by atoms with E-state index in [1.807, 2.05) is 16.8 Å². The number of nitrogens with zero attached hydrogens (tertiary/aromatic N) is 2. The maximum absolute atomic E-state index is 12.1. The largest absolute Gasteiger partial charge is 0.272 e. The first-order valence-corrected chi connectivity index (χ1v) is 7.00. The van der Waals surface area contributed by atoms with E-state index in [1.54, 1.807) is 0 Å². The molecule has 0 bridgehead atoms. The topological polar surface area (TPSA) is 32.7 Å². The van der Waals surface area contributed by atoms with E-state index in [1.165, 1.54) is 19.3 Å². The summed E-state index contributed by atoms with van der Waals surface area (Å²) in [4.78, 5) is 12.1. The highest BCUT2D eigenvalue weighted by molar-refractivity contribution is 8.00. The van der Waals surface area contributed by atoms with Gasteiger partial charge in [-0.2, -0.15) is 16.9 Å². The summed E-state index contributed by atoms with van der Waals surface area (Å²) in [5.74, 6) is 2.35. The van der Waals surface area contributed by atoms with Crippen LogP contribution in [-0.4, -0.2) is 34.2 Å². The third-order valence-electron chi connectivity index (χ3n) is 3.62. The molecule has 2 heterocycles. The second-order valence-corrected chi connectivity index (χ2v) is 5.66. The zero-order valence-corrected chi connectivity index (χ0v) is 9.63. The van der Waals surface area contributed by atoms with E-state index in [4.69, 9.17) is 0 Å². The molecule has 82 valence electrons. The van der Waals surface area contributed by atoms with Gasteiger partial charge < -0.3 is 0 Å². The highest BCUT2D eigenvalue weighted by atomic mass is 32.2. The molecule has 1 aliphatic carbocycles. The van der Waals surface area contributed by atoms with Crippen molar-refractivity contribution in [1.29, 1.82) is 0 Å². The van der Waals surface area contributed by atoms with Crippen molar-refractivity contribution >= 4 is 23.4 Å². The highest BCUT2D eigenvalue weighted by Gasteiger charge is 2.41. The van der Waals surface area contributed by atoms with Crippen molar-refractivity contribution < 1.29 is 4.79 Å². The number of thioether (sulfide) groups is 1. The lowest BCUT2D eigenvalue weighted by atomic mass is 9.94. The molecule has 1 saturated heterocycles. The van der Waals surface area contributed by atoms with Gasteiger partial charge in [0, 0.05) is 11.5 Å². The van der Waals surface area contributed by atoms with Crippen LogP contribution in [0.4, 0.5) is 0 Å². The molecule has 1 saturated carbocycles. The number of amides is 1. The Balaban J connectivity index is 1.76. The molecule has 0 aromatic carbocycles. The molecule has 3 aliphatic rings. The molecule has 3 nitrogen and oxygen atoms in total. The summed E-state index contributed by atoms with van der Waals surface area (Å²) in [7, 11) is 0. The molecule has 4 heteroatoms. The van der Waals surface area contributed by atoms with Crippen molar-refractivity contribution in [2.24, 2.45) is 11.0 Å². The van der Waals surface area contributed by atoms with Crippen molar-refractivity contribution in [3.8, 4) is 0 Å². The number of fused-ring (bicyclic) bond motifs is 1. The van der Waals surface area contributed by atoms with E-state index in [0.717, 1.165) is 30.1 Å². The second kappa shape index (κ2) is 3.81. The SMILES string of the molecule is O=C1C2CSCC2=NN1C1CCCCC1. The van der Waals surface area contributed by atoms with Crippen LogP contribution in [0.2, 0.25) is 0 Å². The molecule has 1 amide bonds. The van der Waals surface area contributed by atoms with E-state index in [-0.39, 0.29) is 11.8 Å². The number of hydrogen-bond acceptors (Lipinski definition) is 3. The second-order valence-electron chi connectivity index (χ2n) is 4.63. The predicted octanol–water partition coefficient (Wildman–Crippen LogP) is 1.88. The zero-order chi connectivity index (χ0) is 10.3. The van der Waals surface area contributed by atoms with Crippen molar-refractivity contribution in [3.05, 3.63) is 0 Å². The monoisotopic (exact) mass is 224 g/mol. The quantitative estimate of drug-likeness (QED) is 0.681. The van der Waals surface area contributed by atoms with Gasteiger partial charge in [-0.25, -0.2) is 5.01 Å². The number of hydrazone groups is 1. The number of carbonyl (C=O) groups excluding carboxylic acids is 1. The molecule has 0 radical (unpaired) electrons. The van der Waals surface area contributed by atoms with Crippen LogP contribution < -0.4 is 0 Å². The fourth-order valence-electron chi connectivity index (χ4n) is 2.73. The first-order valence-electron chi connectivity index (χ1n) is 5.84. The molecule has 3 rings (SSSR count). The molecule has 1 unspecified atom stereocenters. The molecular formula is C11H16N2OS. The van der Waals surface area contributed by atoms with Crippen molar-refractivity contribution in [3.63, 3.8) is 0 Å². The summed E-state index contributed by atoms with van der Waals surface area (Å²) in [6, 6.07) is 0.411. The minimum Gasteiger partial charge on any atom is -0.272 e. The van der Waals surface area contributed by atoms with Gasteiger partial charge in [0.05, 0.1) is 17.7 Å². The van der Waals surface area contributed by atoms with E-state index in [2.05, 4.69) is 5.10 Å². The zero-order valence-electron chi connectivity index (χ0n) is 8.82. The van der Waals surface area contributed by atoms with E-state index in [0.29, 0.717) is 6.04 Å². The number of rotatable bonds is 1. The fourth-order valence-corrected chi connectivity index (χ4v) is 3.88. The smallest absolute Gasteiger partial charge is 0.252 e. The third-order valence-corrected chi connectivity index (χ3v) is 4.69. The van der Waals surface area contributed by atoms with Crippen molar-refractivity contribution in [2.45, 2.75) is 38.1 Å². The lowest BCUT2D eigenvalue weighted by Crippen LogP contribution is -2.37. The molecule has 2 aliphatic heterocycles. The summed E-state index contributed by atoms with van der Waals surface area (Å²) < 4.78 is 0. The van der Waals surface area contributed by atoms with Gasteiger partial charge in [0.15, 0.2) is 0 Å². The van der Waals surface area contributed by atoms with Crippen LogP contribution in [0.25, 0.3) is 0 Å². The van der Waals surface area contributed by atoms with Crippen LogP contribution in [0.3, 0.4) is 0 Å². The Bertz CT molecular complexity index is 310. The van der Waals surface area contributed by atoms with Gasteiger partial charge in [-0.1, -0.05) is 19.3 Å². The maximum atomic E-state index is 12.1. The lowest BCUT2D eigenvalue weighted by Gasteiger charge is -2.28. The summed E-state index contributed by atoms with van der Waals surface area (Å²) in [6.07, 6.45) is 6.16. The molecule has 0 spiro atoms. The fraction of sp³-hybridized carbons (Fsp3) is 0.818. The molecule has 0 aromatic rings. The Morgan fingerprint density at radius 2 is 2.07 bits per heavy atom. The van der Waals surface area contributed by atoms with E-state index in [9.17, 15) is 4.79 Å². The minimum atomic E-state index is 0.136. The third kappa shape index (κ3) is 1.59. The normalized spacial score (nSPS) is 32.0. The van der Waals surface area contributed by atoms with Crippen molar-refractivity contribution in [1.82, 2.24) is 5.01 Å². The first kappa shape index (κ1) is 9.70. The van der Waals surface area contributed by atoms with E-state index >= 15 is 0 Å². The predicted molar refractivity (Wildman–Crippen MR) is 62.0 cm³/mol. The molecule has 0 aromatic heterocycles. The summed E-state index contributed by atoms with van der Waals surface area (Å²) >= 11 is 1.84. The molecule has 15 heavy (non-hydrogen) atoms. The summed E-state index contributed by atoms with van der Waals surface area (Å²) in [5.41, 5.74) is 1.13. The van der Waals surface area contributed by atoms with Crippen LogP contribution >= 0.6 is 11.8 Å². The Morgan fingerprint density at radius 3 is 2.80 bits per heavy atom.